The van der Waals surface area contributed by atoms with Gasteiger partial charge in [0.2, 0.25) is 0 Å². The Kier molecular flexibility index (Phi) is 2.47. The first-order chi connectivity index (χ1) is 7.99. The van der Waals surface area contributed by atoms with Crippen molar-refractivity contribution in [1.82, 2.24) is 10.1 Å². The first-order valence-corrected chi connectivity index (χ1v) is 4.31. The van der Waals surface area contributed by atoms with Gasteiger partial charge in [-0.15, -0.1) is 0 Å². The van der Waals surface area contributed by atoms with E-state index in [0.29, 0.717) is 0 Å². The summed E-state index contributed by atoms with van der Waals surface area (Å²) in [7, 11) is 0. The lowest BCUT2D eigenvalue weighted by molar-refractivity contribution is 0.0680. The Morgan fingerprint density at radius 2 is 2.00 bits per heavy atom. The van der Waals surface area contributed by atoms with E-state index in [9.17, 15) is 13.6 Å². The molecule has 0 fully saturated rings. The number of halogens is 2. The van der Waals surface area contributed by atoms with E-state index >= 15 is 0 Å². The minimum absolute atomic E-state index is 0.0658. The number of aromatic carboxylic acids is 1. The van der Waals surface area contributed by atoms with E-state index in [2.05, 4.69) is 14.7 Å². The summed E-state index contributed by atoms with van der Waals surface area (Å²) in [4.78, 5) is 14.0. The predicted molar refractivity (Wildman–Crippen MR) is 51.0 cm³/mol. The maximum Gasteiger partial charge on any atom is 0.377 e. The van der Waals surface area contributed by atoms with Crippen LogP contribution in [0.15, 0.2) is 16.7 Å². The number of hydrogen-bond donors (Lipinski definition) is 2. The van der Waals surface area contributed by atoms with Crippen LogP contribution in [0.3, 0.4) is 0 Å². The average Bonchev–Trinajstić information content (AvgIpc) is 2.72. The number of nitrogens with two attached hydrogens (primary N) is 1. The van der Waals surface area contributed by atoms with Crippen LogP contribution in [0, 0.1) is 11.6 Å². The first-order valence-electron chi connectivity index (χ1n) is 4.31. The van der Waals surface area contributed by atoms with Crippen molar-refractivity contribution < 1.29 is 23.2 Å². The van der Waals surface area contributed by atoms with Gasteiger partial charge in [0, 0.05) is 11.8 Å². The van der Waals surface area contributed by atoms with Crippen molar-refractivity contribution in [2.24, 2.45) is 0 Å². The lowest BCUT2D eigenvalue weighted by atomic mass is 10.1. The first kappa shape index (κ1) is 11.0. The molecule has 6 nitrogen and oxygen atoms in total. The van der Waals surface area contributed by atoms with Crippen molar-refractivity contribution in [3.63, 3.8) is 0 Å². The fourth-order valence-electron chi connectivity index (χ4n) is 1.17. The quantitative estimate of drug-likeness (QED) is 0.768. The molecular weight excluding hydrogens is 236 g/mol. The third-order valence-corrected chi connectivity index (χ3v) is 1.94. The van der Waals surface area contributed by atoms with Crippen LogP contribution in [0.1, 0.15) is 10.6 Å². The molecule has 3 N–H and O–H groups in total. The number of anilines is 1. The standard InChI is InChI=1S/C9H5F2N3O3/c10-4-1-3(6(12)2-5(4)11)8-13-7(9(15)16)14-17-8/h1-2H,12H2,(H,15,16). The fourth-order valence-corrected chi connectivity index (χ4v) is 1.17. The van der Waals surface area contributed by atoms with E-state index in [-0.39, 0.29) is 17.1 Å². The molecule has 88 valence electrons. The molecule has 0 saturated carbocycles. The van der Waals surface area contributed by atoms with Gasteiger partial charge < -0.3 is 15.4 Å². The summed E-state index contributed by atoms with van der Waals surface area (Å²) < 4.78 is 30.3. The molecule has 0 radical (unpaired) electrons. The molecule has 0 aliphatic heterocycles. The molecule has 0 aliphatic rings. The Labute approximate surface area is 92.7 Å². The van der Waals surface area contributed by atoms with Crippen molar-refractivity contribution in [3.8, 4) is 11.5 Å². The van der Waals surface area contributed by atoms with Crippen molar-refractivity contribution in [1.29, 1.82) is 0 Å². The number of carbonyl (C=O) groups is 1. The zero-order valence-corrected chi connectivity index (χ0v) is 8.15. The van der Waals surface area contributed by atoms with Gasteiger partial charge in [0.15, 0.2) is 11.6 Å². The molecule has 0 amide bonds. The molecule has 0 atom stereocenters. The number of benzene rings is 1. The van der Waals surface area contributed by atoms with Crippen LogP contribution in [0.4, 0.5) is 14.5 Å². The summed E-state index contributed by atoms with van der Waals surface area (Å²) in [6.07, 6.45) is 0. The highest BCUT2D eigenvalue weighted by atomic mass is 19.2. The highest BCUT2D eigenvalue weighted by molar-refractivity contribution is 5.83. The fraction of sp³-hybridized carbons (Fsp3) is 0. The molecule has 1 heterocycles. The second-order valence-corrected chi connectivity index (χ2v) is 3.08. The summed E-state index contributed by atoms with van der Waals surface area (Å²) in [5, 5.41) is 11.7. The second kappa shape index (κ2) is 3.81. The molecule has 0 aliphatic carbocycles. The summed E-state index contributed by atoms with van der Waals surface area (Å²) in [6.45, 7) is 0. The molecule has 0 spiro atoms. The van der Waals surface area contributed by atoms with Crippen LogP contribution in [0.5, 0.6) is 0 Å². The van der Waals surface area contributed by atoms with Gasteiger partial charge in [-0.3, -0.25) is 0 Å². The third kappa shape index (κ3) is 1.92. The summed E-state index contributed by atoms with van der Waals surface area (Å²) in [5.74, 6) is -4.56. The molecule has 2 aromatic rings. The molecule has 0 unspecified atom stereocenters. The summed E-state index contributed by atoms with van der Waals surface area (Å²) in [6, 6.07) is 1.50. The van der Waals surface area contributed by atoms with E-state index in [1.54, 1.807) is 0 Å². The van der Waals surface area contributed by atoms with Gasteiger partial charge in [0.05, 0.1) is 5.56 Å². The maximum atomic E-state index is 13.0. The Balaban J connectivity index is 2.52. The molecule has 1 aromatic carbocycles. The minimum Gasteiger partial charge on any atom is -0.475 e. The minimum atomic E-state index is -1.40. The van der Waals surface area contributed by atoms with Crippen LogP contribution in [-0.4, -0.2) is 21.2 Å². The third-order valence-electron chi connectivity index (χ3n) is 1.94. The number of nitrogen functional groups attached to an aromatic ring is 1. The van der Waals surface area contributed by atoms with Crippen molar-refractivity contribution in [3.05, 3.63) is 29.6 Å². The molecule has 0 saturated heterocycles. The number of carboxylic acid groups (broad SMARTS) is 1. The van der Waals surface area contributed by atoms with Crippen LogP contribution in [-0.2, 0) is 0 Å². The number of aromatic nitrogens is 2. The van der Waals surface area contributed by atoms with Crippen molar-refractivity contribution >= 4 is 11.7 Å². The van der Waals surface area contributed by atoms with Crippen LogP contribution >= 0.6 is 0 Å². The normalized spacial score (nSPS) is 10.5. The van der Waals surface area contributed by atoms with Gasteiger partial charge in [0.1, 0.15) is 0 Å². The van der Waals surface area contributed by atoms with Gasteiger partial charge in [-0.25, -0.2) is 13.6 Å². The molecule has 0 bridgehead atoms. The van der Waals surface area contributed by atoms with Crippen molar-refractivity contribution in [2.45, 2.75) is 0 Å². The Morgan fingerprint density at radius 1 is 1.35 bits per heavy atom. The highest BCUT2D eigenvalue weighted by Crippen LogP contribution is 2.26. The summed E-state index contributed by atoms with van der Waals surface area (Å²) >= 11 is 0. The van der Waals surface area contributed by atoms with E-state index in [1.165, 1.54) is 0 Å². The van der Waals surface area contributed by atoms with E-state index in [4.69, 9.17) is 10.8 Å². The molecule has 8 heteroatoms. The van der Waals surface area contributed by atoms with Crippen LogP contribution in [0.2, 0.25) is 0 Å². The van der Waals surface area contributed by atoms with Gasteiger partial charge in [-0.05, 0) is 11.2 Å². The average molecular weight is 241 g/mol. The van der Waals surface area contributed by atoms with E-state index < -0.39 is 23.4 Å². The number of hydrogen-bond acceptors (Lipinski definition) is 5. The molecular formula is C9H5F2N3O3. The monoisotopic (exact) mass is 241 g/mol. The van der Waals surface area contributed by atoms with Crippen LogP contribution in [0.25, 0.3) is 11.5 Å². The Morgan fingerprint density at radius 3 is 2.59 bits per heavy atom. The second-order valence-electron chi connectivity index (χ2n) is 3.08. The zero-order chi connectivity index (χ0) is 12.6. The predicted octanol–water partition coefficient (Wildman–Crippen LogP) is 1.30. The Bertz CT molecular complexity index is 597. The lowest BCUT2D eigenvalue weighted by Gasteiger charge is -2.01. The van der Waals surface area contributed by atoms with Gasteiger partial charge in [-0.2, -0.15) is 4.98 Å². The molecule has 17 heavy (non-hydrogen) atoms. The van der Waals surface area contributed by atoms with Gasteiger partial charge in [0.25, 0.3) is 11.7 Å². The number of carboxylic acids is 1. The van der Waals surface area contributed by atoms with Crippen LogP contribution < -0.4 is 5.73 Å². The van der Waals surface area contributed by atoms with Crippen molar-refractivity contribution in [2.75, 3.05) is 5.73 Å². The number of nitrogens with zero attached hydrogens (tertiary/aromatic N) is 2. The largest absolute Gasteiger partial charge is 0.475 e. The van der Waals surface area contributed by atoms with E-state index in [1.807, 2.05) is 0 Å². The SMILES string of the molecule is Nc1cc(F)c(F)cc1-c1nc(C(=O)O)no1. The maximum absolute atomic E-state index is 13.0. The topological polar surface area (TPSA) is 102 Å². The van der Waals surface area contributed by atoms with E-state index in [0.717, 1.165) is 12.1 Å². The molecule has 2 rings (SSSR count). The highest BCUT2D eigenvalue weighted by Gasteiger charge is 2.18. The smallest absolute Gasteiger partial charge is 0.377 e. The zero-order valence-electron chi connectivity index (χ0n) is 8.15. The number of rotatable bonds is 2. The van der Waals surface area contributed by atoms with Gasteiger partial charge >= 0.3 is 5.97 Å². The lowest BCUT2D eigenvalue weighted by Crippen LogP contribution is -1.99. The Hall–Kier alpha value is -2.51. The summed E-state index contributed by atoms with van der Waals surface area (Å²) in [5.41, 5.74) is 5.23. The van der Waals surface area contributed by atoms with Gasteiger partial charge in [-0.1, -0.05) is 0 Å². The molecule has 1 aromatic heterocycles.